The van der Waals surface area contributed by atoms with Crippen LogP contribution in [0, 0.1) is 11.3 Å². The number of nitrogens with zero attached hydrogens (tertiary/aromatic N) is 2. The number of hydrogen-bond donors (Lipinski definition) is 2. The molecule has 31 heavy (non-hydrogen) atoms. The second-order valence-electron chi connectivity index (χ2n) is 7.97. The van der Waals surface area contributed by atoms with E-state index >= 15 is 0 Å². The maximum absolute atomic E-state index is 13.7. The first kappa shape index (κ1) is 19.3. The van der Waals surface area contributed by atoms with Gasteiger partial charge in [0.15, 0.2) is 5.65 Å². The normalized spacial score (nSPS) is 18.4. The van der Waals surface area contributed by atoms with Gasteiger partial charge in [-0.15, -0.1) is 0 Å². The minimum absolute atomic E-state index is 0.151. The van der Waals surface area contributed by atoms with Crippen molar-refractivity contribution in [1.29, 1.82) is 5.41 Å². The summed E-state index contributed by atoms with van der Waals surface area (Å²) < 4.78 is 7.27. The van der Waals surface area contributed by atoms with E-state index in [-0.39, 0.29) is 5.56 Å². The lowest BCUT2D eigenvalue weighted by Gasteiger charge is -2.21. The summed E-state index contributed by atoms with van der Waals surface area (Å²) in [6.07, 6.45) is 11.8. The van der Waals surface area contributed by atoms with Gasteiger partial charge in [0.2, 0.25) is 5.88 Å². The molecule has 1 aliphatic heterocycles. The molecule has 0 spiro atoms. The molecule has 0 bridgehead atoms. The van der Waals surface area contributed by atoms with Gasteiger partial charge in [-0.05, 0) is 73.3 Å². The predicted molar refractivity (Wildman–Crippen MR) is 124 cm³/mol. The van der Waals surface area contributed by atoms with Crippen molar-refractivity contribution in [2.45, 2.75) is 19.8 Å². The molecule has 6 heteroatoms. The van der Waals surface area contributed by atoms with Gasteiger partial charge in [-0.25, -0.2) is 0 Å². The van der Waals surface area contributed by atoms with Crippen LogP contribution in [0.25, 0.3) is 22.3 Å². The Balaban J connectivity index is 1.72. The van der Waals surface area contributed by atoms with Crippen molar-refractivity contribution in [1.82, 2.24) is 14.9 Å². The van der Waals surface area contributed by atoms with Crippen LogP contribution < -0.4 is 15.6 Å². The Morgan fingerprint density at radius 3 is 2.81 bits per heavy atom. The number of fused-ring (bicyclic) bond motifs is 1. The summed E-state index contributed by atoms with van der Waals surface area (Å²) in [7, 11) is 0. The Labute approximate surface area is 180 Å². The zero-order valence-electron chi connectivity index (χ0n) is 17.4. The quantitative estimate of drug-likeness (QED) is 0.776. The number of nitrogens with one attached hydrogen (secondary N) is 2. The highest BCUT2D eigenvalue weighted by molar-refractivity contribution is 6.12. The molecule has 3 heterocycles. The lowest BCUT2D eigenvalue weighted by Crippen LogP contribution is -2.30. The molecule has 1 saturated carbocycles. The minimum atomic E-state index is -0.151. The van der Waals surface area contributed by atoms with Gasteiger partial charge in [-0.3, -0.25) is 9.36 Å². The maximum Gasteiger partial charge on any atom is 0.264 e. The third-order valence-electron chi connectivity index (χ3n) is 5.77. The van der Waals surface area contributed by atoms with Crippen LogP contribution in [-0.2, 0) is 0 Å². The SMILES string of the molecule is C=C1C=C(c2cc3ccc(OCC)nc3n(C3=CC=C(C4CC4)NC3)c2=O)C=CC1=N. The summed E-state index contributed by atoms with van der Waals surface area (Å²) in [6, 6.07) is 5.61. The van der Waals surface area contributed by atoms with Crippen LogP contribution in [0.2, 0.25) is 0 Å². The van der Waals surface area contributed by atoms with E-state index in [9.17, 15) is 4.79 Å². The minimum Gasteiger partial charge on any atom is -0.478 e. The Morgan fingerprint density at radius 2 is 2.13 bits per heavy atom. The Bertz CT molecular complexity index is 1300. The maximum atomic E-state index is 13.7. The molecular formula is C25H24N4O2. The number of aromatic nitrogens is 2. The Morgan fingerprint density at radius 1 is 1.29 bits per heavy atom. The van der Waals surface area contributed by atoms with Gasteiger partial charge in [-0.2, -0.15) is 4.98 Å². The molecule has 2 aromatic rings. The largest absolute Gasteiger partial charge is 0.478 e. The van der Waals surface area contributed by atoms with E-state index in [1.54, 1.807) is 22.8 Å². The number of rotatable bonds is 5. The molecule has 5 rings (SSSR count). The fourth-order valence-corrected chi connectivity index (χ4v) is 3.96. The number of ether oxygens (including phenoxy) is 1. The van der Waals surface area contributed by atoms with Gasteiger partial charge >= 0.3 is 0 Å². The van der Waals surface area contributed by atoms with Gasteiger partial charge in [0, 0.05) is 28.4 Å². The average molecular weight is 412 g/mol. The van der Waals surface area contributed by atoms with Gasteiger partial charge in [0.25, 0.3) is 5.56 Å². The molecule has 156 valence electrons. The summed E-state index contributed by atoms with van der Waals surface area (Å²) >= 11 is 0. The van der Waals surface area contributed by atoms with Crippen LogP contribution in [0.3, 0.4) is 0 Å². The summed E-state index contributed by atoms with van der Waals surface area (Å²) in [6.45, 7) is 6.90. The lowest BCUT2D eigenvalue weighted by molar-refractivity contribution is 0.328. The number of hydrogen-bond acceptors (Lipinski definition) is 5. The smallest absolute Gasteiger partial charge is 0.264 e. The van der Waals surface area contributed by atoms with Crippen LogP contribution in [0.4, 0.5) is 0 Å². The zero-order chi connectivity index (χ0) is 21.5. The number of pyridine rings is 2. The molecular weight excluding hydrogens is 388 g/mol. The second-order valence-corrected chi connectivity index (χ2v) is 7.97. The molecule has 0 atom stereocenters. The highest BCUT2D eigenvalue weighted by Crippen LogP contribution is 2.36. The monoisotopic (exact) mass is 412 g/mol. The van der Waals surface area contributed by atoms with Crippen molar-refractivity contribution in [3.05, 3.63) is 82.3 Å². The molecule has 2 N–H and O–H groups in total. The molecule has 0 amide bonds. The number of dihydropyridines is 1. The molecule has 1 fully saturated rings. The molecule has 0 unspecified atom stereocenters. The van der Waals surface area contributed by atoms with E-state index in [4.69, 9.17) is 10.1 Å². The summed E-state index contributed by atoms with van der Waals surface area (Å²) in [5, 5.41) is 12.2. The standard InChI is InChI=1S/C25H24N4O2/c1-3-31-23-11-7-18-13-20(17-6-9-21(26)15(2)12-17)25(30)29(24(18)28-23)19-8-10-22(27-14-19)16-4-5-16/h6-13,16,26-27H,2-5,14H2,1H3. The molecule has 0 radical (unpaired) electrons. The molecule has 3 aliphatic rings. The topological polar surface area (TPSA) is 80.0 Å². The second kappa shape index (κ2) is 7.54. The van der Waals surface area contributed by atoms with E-state index in [1.807, 2.05) is 31.2 Å². The van der Waals surface area contributed by atoms with Gasteiger partial charge < -0.3 is 15.5 Å². The van der Waals surface area contributed by atoms with E-state index in [0.29, 0.717) is 47.4 Å². The molecule has 0 aromatic carbocycles. The molecule has 2 aromatic heterocycles. The zero-order valence-corrected chi connectivity index (χ0v) is 17.4. The first-order valence-electron chi connectivity index (χ1n) is 10.6. The Hall–Kier alpha value is -3.67. The van der Waals surface area contributed by atoms with E-state index in [0.717, 1.165) is 16.7 Å². The van der Waals surface area contributed by atoms with Crippen LogP contribution in [0.1, 0.15) is 25.3 Å². The summed E-state index contributed by atoms with van der Waals surface area (Å²) in [5.74, 6) is 1.12. The van der Waals surface area contributed by atoms with Crippen molar-refractivity contribution in [2.24, 2.45) is 5.92 Å². The van der Waals surface area contributed by atoms with Gasteiger partial charge in [-0.1, -0.05) is 12.7 Å². The predicted octanol–water partition coefficient (Wildman–Crippen LogP) is 4.06. The summed E-state index contributed by atoms with van der Waals surface area (Å²) in [5.41, 5.74) is 4.75. The average Bonchev–Trinajstić information content (AvgIpc) is 3.61. The highest BCUT2D eigenvalue weighted by atomic mass is 16.5. The van der Waals surface area contributed by atoms with Crippen LogP contribution in [0.5, 0.6) is 5.88 Å². The highest BCUT2D eigenvalue weighted by Gasteiger charge is 2.27. The lowest BCUT2D eigenvalue weighted by atomic mass is 9.96. The fraction of sp³-hybridized carbons (Fsp3) is 0.240. The van der Waals surface area contributed by atoms with Gasteiger partial charge in [0.05, 0.1) is 18.9 Å². The third-order valence-corrected chi connectivity index (χ3v) is 5.77. The van der Waals surface area contributed by atoms with E-state index in [1.165, 1.54) is 18.5 Å². The Kier molecular flexibility index (Phi) is 4.70. The number of allylic oxidation sites excluding steroid dienone is 8. The molecule has 0 saturated heterocycles. The van der Waals surface area contributed by atoms with Crippen LogP contribution in [0.15, 0.2) is 71.2 Å². The van der Waals surface area contributed by atoms with Crippen molar-refractivity contribution in [2.75, 3.05) is 13.2 Å². The van der Waals surface area contributed by atoms with E-state index < -0.39 is 0 Å². The van der Waals surface area contributed by atoms with Crippen LogP contribution in [-0.4, -0.2) is 28.4 Å². The van der Waals surface area contributed by atoms with Crippen molar-refractivity contribution in [3.63, 3.8) is 0 Å². The third kappa shape index (κ3) is 3.54. The fourth-order valence-electron chi connectivity index (χ4n) is 3.96. The molecule has 2 aliphatic carbocycles. The first-order chi connectivity index (χ1) is 15.0. The first-order valence-corrected chi connectivity index (χ1v) is 10.6. The van der Waals surface area contributed by atoms with Gasteiger partial charge in [0.1, 0.15) is 0 Å². The molecule has 6 nitrogen and oxygen atoms in total. The van der Waals surface area contributed by atoms with E-state index in [2.05, 4.69) is 23.0 Å². The van der Waals surface area contributed by atoms with Crippen molar-refractivity contribution >= 4 is 28.0 Å². The summed E-state index contributed by atoms with van der Waals surface area (Å²) in [4.78, 5) is 18.3. The van der Waals surface area contributed by atoms with Crippen LogP contribution >= 0.6 is 0 Å². The van der Waals surface area contributed by atoms with Crippen molar-refractivity contribution < 1.29 is 4.74 Å². The van der Waals surface area contributed by atoms with Crippen molar-refractivity contribution in [3.8, 4) is 5.88 Å².